The number of amides is 1. The fourth-order valence-electron chi connectivity index (χ4n) is 2.65. The van der Waals surface area contributed by atoms with Crippen molar-refractivity contribution in [2.75, 3.05) is 6.54 Å². The third-order valence-electron chi connectivity index (χ3n) is 3.95. The van der Waals surface area contributed by atoms with Crippen molar-refractivity contribution in [2.24, 2.45) is 5.16 Å². The molecule has 0 spiro atoms. The van der Waals surface area contributed by atoms with Crippen LogP contribution in [0.2, 0.25) is 0 Å². The normalized spacial score (nSPS) is 16.2. The minimum absolute atomic E-state index is 0.241. The lowest BCUT2D eigenvalue weighted by atomic mass is 10.0. The first-order chi connectivity index (χ1) is 12.1. The van der Waals surface area contributed by atoms with E-state index in [-0.39, 0.29) is 17.5 Å². The number of rotatable bonds is 6. The molecule has 0 bridgehead atoms. The summed E-state index contributed by atoms with van der Waals surface area (Å²) < 4.78 is 26.0. The Labute approximate surface area is 144 Å². The molecule has 0 aliphatic carbocycles. The van der Waals surface area contributed by atoms with Gasteiger partial charge in [-0.15, -0.1) is 0 Å². The maximum atomic E-state index is 13.1. The Morgan fingerprint density at radius 2 is 1.92 bits per heavy atom. The molecule has 25 heavy (non-hydrogen) atoms. The second-order valence-electron chi connectivity index (χ2n) is 5.93. The number of carbonyl (C=O) groups excluding carboxylic acids is 1. The molecule has 130 valence electrons. The zero-order chi connectivity index (χ0) is 17.6. The highest BCUT2D eigenvalue weighted by Crippen LogP contribution is 2.15. The summed E-state index contributed by atoms with van der Waals surface area (Å²) in [6.07, 6.45) is 0.818. The van der Waals surface area contributed by atoms with Crippen LogP contribution in [0.5, 0.6) is 0 Å². The SMILES string of the molecule is O=C(NCCc1cccc(F)c1)[C@H]1CC(Cc2ccc(F)cc2)=NO1. The van der Waals surface area contributed by atoms with Gasteiger partial charge in [0.15, 0.2) is 0 Å². The van der Waals surface area contributed by atoms with Crippen LogP contribution in [0, 0.1) is 11.6 Å². The molecule has 1 amide bonds. The number of benzene rings is 2. The summed E-state index contributed by atoms with van der Waals surface area (Å²) in [5.41, 5.74) is 2.48. The zero-order valence-corrected chi connectivity index (χ0v) is 13.5. The molecule has 1 aliphatic heterocycles. The zero-order valence-electron chi connectivity index (χ0n) is 13.5. The first-order valence-electron chi connectivity index (χ1n) is 8.08. The molecular formula is C19H18F2N2O2. The van der Waals surface area contributed by atoms with E-state index in [2.05, 4.69) is 10.5 Å². The van der Waals surface area contributed by atoms with E-state index in [0.717, 1.165) is 16.8 Å². The summed E-state index contributed by atoms with van der Waals surface area (Å²) in [5.74, 6) is -0.819. The summed E-state index contributed by atoms with van der Waals surface area (Å²) >= 11 is 0. The number of nitrogens with zero attached hydrogens (tertiary/aromatic N) is 1. The van der Waals surface area contributed by atoms with Gasteiger partial charge < -0.3 is 10.2 Å². The second-order valence-corrected chi connectivity index (χ2v) is 5.93. The third kappa shape index (κ3) is 4.86. The van der Waals surface area contributed by atoms with E-state index in [0.29, 0.717) is 25.8 Å². The fourth-order valence-corrected chi connectivity index (χ4v) is 2.65. The Kier molecular flexibility index (Phi) is 5.38. The van der Waals surface area contributed by atoms with Gasteiger partial charge in [-0.1, -0.05) is 29.4 Å². The molecular weight excluding hydrogens is 326 g/mol. The van der Waals surface area contributed by atoms with Gasteiger partial charge in [-0.3, -0.25) is 4.79 Å². The first-order valence-corrected chi connectivity index (χ1v) is 8.08. The van der Waals surface area contributed by atoms with Crippen LogP contribution in [0.1, 0.15) is 17.5 Å². The van der Waals surface area contributed by atoms with Crippen LogP contribution in [0.4, 0.5) is 8.78 Å². The molecule has 0 fully saturated rings. The van der Waals surface area contributed by atoms with Gasteiger partial charge in [0.05, 0.1) is 5.71 Å². The van der Waals surface area contributed by atoms with Crippen LogP contribution >= 0.6 is 0 Å². The van der Waals surface area contributed by atoms with Gasteiger partial charge in [0.2, 0.25) is 6.10 Å². The van der Waals surface area contributed by atoms with Crippen LogP contribution in [0.15, 0.2) is 53.7 Å². The topological polar surface area (TPSA) is 50.7 Å². The summed E-state index contributed by atoms with van der Waals surface area (Å²) in [6, 6.07) is 12.4. The van der Waals surface area contributed by atoms with Crippen molar-refractivity contribution >= 4 is 11.6 Å². The van der Waals surface area contributed by atoms with E-state index in [4.69, 9.17) is 4.84 Å². The lowest BCUT2D eigenvalue weighted by molar-refractivity contribution is -0.131. The lowest BCUT2D eigenvalue weighted by Crippen LogP contribution is -2.36. The maximum Gasteiger partial charge on any atom is 0.264 e. The predicted octanol–water partition coefficient (Wildman–Crippen LogP) is 3.01. The summed E-state index contributed by atoms with van der Waals surface area (Å²) in [7, 11) is 0. The Morgan fingerprint density at radius 3 is 2.68 bits per heavy atom. The molecule has 1 aliphatic rings. The van der Waals surface area contributed by atoms with Crippen molar-refractivity contribution < 1.29 is 18.4 Å². The van der Waals surface area contributed by atoms with Crippen LogP contribution in [-0.2, 0) is 22.5 Å². The van der Waals surface area contributed by atoms with Crippen LogP contribution in [-0.4, -0.2) is 24.3 Å². The number of halogens is 2. The van der Waals surface area contributed by atoms with Crippen molar-refractivity contribution in [2.45, 2.75) is 25.4 Å². The van der Waals surface area contributed by atoms with Crippen molar-refractivity contribution in [3.05, 3.63) is 71.3 Å². The molecule has 4 nitrogen and oxygen atoms in total. The number of nitrogens with one attached hydrogen (secondary N) is 1. The molecule has 0 unspecified atom stereocenters. The monoisotopic (exact) mass is 344 g/mol. The Balaban J connectivity index is 1.43. The first kappa shape index (κ1) is 17.1. The highest BCUT2D eigenvalue weighted by Gasteiger charge is 2.27. The molecule has 1 N–H and O–H groups in total. The van der Waals surface area contributed by atoms with Gasteiger partial charge >= 0.3 is 0 Å². The van der Waals surface area contributed by atoms with E-state index in [1.165, 1.54) is 24.3 Å². The molecule has 2 aromatic rings. The fraction of sp³-hybridized carbons (Fsp3) is 0.263. The second kappa shape index (κ2) is 7.88. The Hall–Kier alpha value is -2.76. The van der Waals surface area contributed by atoms with Gasteiger partial charge in [0, 0.05) is 19.4 Å². The number of oxime groups is 1. The molecule has 3 rings (SSSR count). The van der Waals surface area contributed by atoms with Crippen LogP contribution < -0.4 is 5.32 Å². The minimum atomic E-state index is -0.650. The van der Waals surface area contributed by atoms with E-state index in [1.54, 1.807) is 18.2 Å². The maximum absolute atomic E-state index is 13.1. The quantitative estimate of drug-likeness (QED) is 0.876. The lowest BCUT2D eigenvalue weighted by Gasteiger charge is -2.09. The molecule has 1 atom stereocenters. The summed E-state index contributed by atoms with van der Waals surface area (Å²) in [5, 5.41) is 6.72. The van der Waals surface area contributed by atoms with Crippen molar-refractivity contribution in [3.63, 3.8) is 0 Å². The van der Waals surface area contributed by atoms with E-state index < -0.39 is 6.10 Å². The highest BCUT2D eigenvalue weighted by atomic mass is 19.1. The smallest absolute Gasteiger partial charge is 0.264 e. The molecule has 0 saturated heterocycles. The molecule has 0 radical (unpaired) electrons. The van der Waals surface area contributed by atoms with Gasteiger partial charge in [-0.05, 0) is 41.8 Å². The molecule has 0 saturated carbocycles. The molecule has 6 heteroatoms. The van der Waals surface area contributed by atoms with Crippen molar-refractivity contribution in [3.8, 4) is 0 Å². The largest absolute Gasteiger partial charge is 0.382 e. The van der Waals surface area contributed by atoms with Crippen LogP contribution in [0.3, 0.4) is 0 Å². The van der Waals surface area contributed by atoms with Gasteiger partial charge in [-0.25, -0.2) is 8.78 Å². The van der Waals surface area contributed by atoms with E-state index in [1.807, 2.05) is 6.07 Å². The Morgan fingerprint density at radius 1 is 1.12 bits per heavy atom. The van der Waals surface area contributed by atoms with Crippen molar-refractivity contribution in [1.82, 2.24) is 5.32 Å². The third-order valence-corrected chi connectivity index (χ3v) is 3.95. The summed E-state index contributed by atoms with van der Waals surface area (Å²) in [6.45, 7) is 0.398. The highest BCUT2D eigenvalue weighted by molar-refractivity contribution is 5.93. The van der Waals surface area contributed by atoms with E-state index >= 15 is 0 Å². The number of hydrogen-bond donors (Lipinski definition) is 1. The molecule has 2 aromatic carbocycles. The average molecular weight is 344 g/mol. The minimum Gasteiger partial charge on any atom is -0.382 e. The number of hydrogen-bond acceptors (Lipinski definition) is 3. The predicted molar refractivity (Wildman–Crippen MR) is 90.1 cm³/mol. The standard InChI is InChI=1S/C19H18F2N2O2/c20-15-6-4-14(5-7-15)11-17-12-18(25-23-17)19(24)22-9-8-13-2-1-3-16(21)10-13/h1-7,10,18H,8-9,11-12H2,(H,22,24)/t18-/m1/s1. The molecule has 0 aromatic heterocycles. The van der Waals surface area contributed by atoms with E-state index in [9.17, 15) is 13.6 Å². The van der Waals surface area contributed by atoms with Gasteiger partial charge in [0.25, 0.3) is 5.91 Å². The molecule has 1 heterocycles. The van der Waals surface area contributed by atoms with Gasteiger partial charge in [-0.2, -0.15) is 0 Å². The number of carbonyl (C=O) groups is 1. The average Bonchev–Trinajstić information content (AvgIpc) is 3.06. The van der Waals surface area contributed by atoms with Crippen LogP contribution in [0.25, 0.3) is 0 Å². The Bertz CT molecular complexity index is 775. The summed E-state index contributed by atoms with van der Waals surface area (Å²) in [4.78, 5) is 17.3. The van der Waals surface area contributed by atoms with Crippen molar-refractivity contribution in [1.29, 1.82) is 0 Å². The van der Waals surface area contributed by atoms with Gasteiger partial charge in [0.1, 0.15) is 11.6 Å².